The fraction of sp³-hybridized carbons (Fsp3) is 0.571. The molecule has 118 valence electrons. The molecule has 0 bridgehead atoms. The van der Waals surface area contributed by atoms with Gasteiger partial charge in [-0.2, -0.15) is 4.31 Å². The lowest BCUT2D eigenvalue weighted by Gasteiger charge is -2.25. The number of benzene rings is 1. The molecule has 0 amide bonds. The molecule has 1 aliphatic heterocycles. The van der Waals surface area contributed by atoms with E-state index in [0.717, 1.165) is 12.8 Å². The van der Waals surface area contributed by atoms with Gasteiger partial charge in [-0.3, -0.25) is 0 Å². The van der Waals surface area contributed by atoms with Crippen LogP contribution in [0.4, 0.5) is 0 Å². The minimum Gasteiger partial charge on any atom is -0.495 e. The molecule has 1 aliphatic rings. The number of nitrogens with one attached hydrogen (secondary N) is 1. The standard InChI is InChI=1S/C14H22N2O4S/c1-15-10-11-6-5-9-16(11)21(17,18)14-12(19-2)7-4-8-13(14)20-3/h4,7-8,11,15H,5-6,9-10H2,1-3H3. The number of hydrogen-bond donors (Lipinski definition) is 1. The van der Waals surface area contributed by atoms with Crippen molar-refractivity contribution in [3.63, 3.8) is 0 Å². The molecule has 0 aliphatic carbocycles. The highest BCUT2D eigenvalue weighted by atomic mass is 32.2. The van der Waals surface area contributed by atoms with E-state index < -0.39 is 10.0 Å². The summed E-state index contributed by atoms with van der Waals surface area (Å²) in [6.07, 6.45) is 1.72. The fourth-order valence-electron chi connectivity index (χ4n) is 2.75. The van der Waals surface area contributed by atoms with Gasteiger partial charge in [0.25, 0.3) is 10.0 Å². The summed E-state index contributed by atoms with van der Waals surface area (Å²) >= 11 is 0. The van der Waals surface area contributed by atoms with Gasteiger partial charge in [0.05, 0.1) is 14.2 Å². The van der Waals surface area contributed by atoms with E-state index in [1.165, 1.54) is 14.2 Å². The van der Waals surface area contributed by atoms with Crippen LogP contribution < -0.4 is 14.8 Å². The van der Waals surface area contributed by atoms with E-state index in [1.54, 1.807) is 22.5 Å². The van der Waals surface area contributed by atoms with Crippen LogP contribution >= 0.6 is 0 Å². The monoisotopic (exact) mass is 314 g/mol. The van der Waals surface area contributed by atoms with Crippen molar-refractivity contribution in [2.45, 2.75) is 23.8 Å². The van der Waals surface area contributed by atoms with Crippen molar-refractivity contribution in [3.8, 4) is 11.5 Å². The Kier molecular flexibility index (Phi) is 5.08. The number of rotatable bonds is 6. The zero-order valence-corrected chi connectivity index (χ0v) is 13.4. The molecule has 0 saturated carbocycles. The van der Waals surface area contributed by atoms with Crippen LogP contribution in [-0.2, 0) is 10.0 Å². The molecule has 1 aromatic carbocycles. The number of likely N-dealkylation sites (N-methyl/N-ethyl adjacent to an activating group) is 1. The maximum atomic E-state index is 13.0. The molecule has 0 radical (unpaired) electrons. The molecular formula is C14H22N2O4S. The highest BCUT2D eigenvalue weighted by Crippen LogP contribution is 2.37. The molecule has 7 heteroatoms. The predicted octanol–water partition coefficient (Wildman–Crippen LogP) is 1.08. The lowest BCUT2D eigenvalue weighted by atomic mass is 10.2. The van der Waals surface area contributed by atoms with Crippen LogP contribution in [0.5, 0.6) is 11.5 Å². The van der Waals surface area contributed by atoms with Crippen LogP contribution in [0.15, 0.2) is 23.1 Å². The molecule has 21 heavy (non-hydrogen) atoms. The zero-order valence-electron chi connectivity index (χ0n) is 12.6. The predicted molar refractivity (Wildman–Crippen MR) is 80.4 cm³/mol. The Hall–Kier alpha value is -1.31. The zero-order chi connectivity index (χ0) is 15.5. The smallest absolute Gasteiger partial charge is 0.250 e. The molecule has 1 unspecified atom stereocenters. The summed E-state index contributed by atoms with van der Waals surface area (Å²) in [5.74, 6) is 0.619. The molecule has 1 heterocycles. The first-order valence-corrected chi connectivity index (χ1v) is 8.37. The van der Waals surface area contributed by atoms with E-state index in [1.807, 2.05) is 7.05 Å². The van der Waals surface area contributed by atoms with E-state index in [2.05, 4.69) is 5.32 Å². The summed E-state index contributed by atoms with van der Waals surface area (Å²) in [5.41, 5.74) is 0. The Labute approximate surface area is 126 Å². The van der Waals surface area contributed by atoms with Gasteiger partial charge >= 0.3 is 0 Å². The third-order valence-electron chi connectivity index (χ3n) is 3.71. The van der Waals surface area contributed by atoms with Crippen LogP contribution in [0.25, 0.3) is 0 Å². The highest BCUT2D eigenvalue weighted by Gasteiger charge is 2.38. The number of sulfonamides is 1. The van der Waals surface area contributed by atoms with Crippen molar-refractivity contribution >= 4 is 10.0 Å². The maximum absolute atomic E-state index is 13.0. The molecule has 1 fully saturated rings. The quantitative estimate of drug-likeness (QED) is 0.851. The van der Waals surface area contributed by atoms with Gasteiger partial charge in [0.15, 0.2) is 4.90 Å². The van der Waals surface area contributed by atoms with Gasteiger partial charge in [-0.05, 0) is 32.0 Å². The number of ether oxygens (including phenoxy) is 2. The Morgan fingerprint density at radius 1 is 1.29 bits per heavy atom. The molecule has 1 N–H and O–H groups in total. The highest BCUT2D eigenvalue weighted by molar-refractivity contribution is 7.89. The molecule has 1 saturated heterocycles. The Morgan fingerprint density at radius 2 is 1.90 bits per heavy atom. The average molecular weight is 314 g/mol. The molecular weight excluding hydrogens is 292 g/mol. The van der Waals surface area contributed by atoms with Gasteiger partial charge in [-0.25, -0.2) is 8.42 Å². The van der Waals surface area contributed by atoms with Gasteiger partial charge in [-0.1, -0.05) is 6.07 Å². The fourth-order valence-corrected chi connectivity index (χ4v) is 4.74. The molecule has 6 nitrogen and oxygen atoms in total. The molecule has 1 aromatic rings. The van der Waals surface area contributed by atoms with Gasteiger partial charge in [-0.15, -0.1) is 0 Å². The largest absolute Gasteiger partial charge is 0.495 e. The Balaban J connectivity index is 2.49. The van der Waals surface area contributed by atoms with Crippen LogP contribution in [-0.4, -0.2) is 53.1 Å². The summed E-state index contributed by atoms with van der Waals surface area (Å²) < 4.78 is 38.0. The summed E-state index contributed by atoms with van der Waals surface area (Å²) in [5, 5.41) is 3.05. The van der Waals surface area contributed by atoms with E-state index >= 15 is 0 Å². The molecule has 1 atom stereocenters. The minimum absolute atomic E-state index is 0.0328. The van der Waals surface area contributed by atoms with Crippen molar-refractivity contribution in [3.05, 3.63) is 18.2 Å². The van der Waals surface area contributed by atoms with Crippen molar-refractivity contribution in [2.75, 3.05) is 34.4 Å². The molecule has 2 rings (SSSR count). The van der Waals surface area contributed by atoms with Crippen LogP contribution in [0.2, 0.25) is 0 Å². The van der Waals surface area contributed by atoms with Crippen molar-refractivity contribution in [2.24, 2.45) is 0 Å². The lowest BCUT2D eigenvalue weighted by molar-refractivity contribution is 0.354. The third-order valence-corrected chi connectivity index (χ3v) is 5.73. The first-order chi connectivity index (χ1) is 10.1. The minimum atomic E-state index is -3.65. The molecule has 0 aromatic heterocycles. The van der Waals surface area contributed by atoms with Gasteiger partial charge < -0.3 is 14.8 Å². The second kappa shape index (κ2) is 6.64. The summed E-state index contributed by atoms with van der Waals surface area (Å²) in [4.78, 5) is 0.109. The Morgan fingerprint density at radius 3 is 2.43 bits per heavy atom. The maximum Gasteiger partial charge on any atom is 0.250 e. The first-order valence-electron chi connectivity index (χ1n) is 6.93. The van der Waals surface area contributed by atoms with Crippen LogP contribution in [0.1, 0.15) is 12.8 Å². The lowest BCUT2D eigenvalue weighted by Crippen LogP contribution is -2.41. The van der Waals surface area contributed by atoms with Crippen LogP contribution in [0.3, 0.4) is 0 Å². The SMILES string of the molecule is CNCC1CCCN1S(=O)(=O)c1c(OC)cccc1OC. The number of hydrogen-bond acceptors (Lipinski definition) is 5. The van der Waals surface area contributed by atoms with Gasteiger partial charge in [0.1, 0.15) is 11.5 Å². The van der Waals surface area contributed by atoms with Crippen molar-refractivity contribution in [1.29, 1.82) is 0 Å². The van der Waals surface area contributed by atoms with Gasteiger partial charge in [0, 0.05) is 19.1 Å². The normalized spacial score (nSPS) is 19.7. The van der Waals surface area contributed by atoms with Crippen LogP contribution in [0, 0.1) is 0 Å². The first kappa shape index (κ1) is 16.1. The van der Waals surface area contributed by atoms with E-state index in [9.17, 15) is 8.42 Å². The van der Waals surface area contributed by atoms with Crippen molar-refractivity contribution < 1.29 is 17.9 Å². The number of methoxy groups -OCH3 is 2. The van der Waals surface area contributed by atoms with E-state index in [4.69, 9.17) is 9.47 Å². The number of nitrogens with zero attached hydrogens (tertiary/aromatic N) is 1. The summed E-state index contributed by atoms with van der Waals surface area (Å²) in [7, 11) is 1.10. The average Bonchev–Trinajstić information content (AvgIpc) is 2.95. The topological polar surface area (TPSA) is 67.9 Å². The summed E-state index contributed by atoms with van der Waals surface area (Å²) in [6, 6.07) is 4.96. The van der Waals surface area contributed by atoms with E-state index in [0.29, 0.717) is 24.6 Å². The van der Waals surface area contributed by atoms with Crippen molar-refractivity contribution in [1.82, 2.24) is 9.62 Å². The second-order valence-electron chi connectivity index (χ2n) is 4.96. The second-order valence-corrected chi connectivity index (χ2v) is 6.79. The molecule has 0 spiro atoms. The Bertz CT molecular complexity index is 566. The van der Waals surface area contributed by atoms with Gasteiger partial charge in [0.2, 0.25) is 0 Å². The summed E-state index contributed by atoms with van der Waals surface area (Å²) in [6.45, 7) is 1.16. The van der Waals surface area contributed by atoms with E-state index in [-0.39, 0.29) is 10.9 Å². The third kappa shape index (κ3) is 3.00.